The minimum absolute atomic E-state index is 0.394. The number of hydrogen-bond acceptors (Lipinski definition) is 1. The molecule has 2 aromatic rings. The van der Waals surface area contributed by atoms with Crippen LogP contribution in [0.5, 0.6) is 0 Å². The Hall–Kier alpha value is -0.530. The molecule has 0 spiro atoms. The van der Waals surface area contributed by atoms with Crippen molar-refractivity contribution in [3.63, 3.8) is 0 Å². The number of rotatable bonds is 1. The van der Waals surface area contributed by atoms with Crippen molar-refractivity contribution in [1.29, 1.82) is 0 Å². The second-order valence-electron chi connectivity index (χ2n) is 4.29. The molecule has 0 nitrogen and oxygen atoms in total. The molecule has 0 amide bonds. The minimum Gasteiger partial charge on any atom is -0.144 e. The Balaban J connectivity index is 2.06. The zero-order valence-electron chi connectivity index (χ0n) is 8.45. The van der Waals surface area contributed by atoms with Gasteiger partial charge in [-0.2, -0.15) is 0 Å². The Bertz CT molecular complexity index is 474. The van der Waals surface area contributed by atoms with E-state index in [0.717, 1.165) is 6.42 Å². The summed E-state index contributed by atoms with van der Waals surface area (Å²) in [4.78, 5) is 0. The molecule has 0 aliphatic heterocycles. The number of thiophene rings is 1. The normalized spacial score (nSPS) is 26.2. The molecule has 3 rings (SSSR count). The van der Waals surface area contributed by atoms with Crippen molar-refractivity contribution < 1.29 is 0 Å². The van der Waals surface area contributed by atoms with Crippen LogP contribution in [-0.4, -0.2) is 5.38 Å². The van der Waals surface area contributed by atoms with Gasteiger partial charge in [-0.3, -0.25) is 0 Å². The van der Waals surface area contributed by atoms with Crippen LogP contribution in [0, 0.1) is 0 Å². The zero-order valence-corrected chi connectivity index (χ0v) is 10.0. The van der Waals surface area contributed by atoms with E-state index in [1.165, 1.54) is 28.5 Å². The molecule has 1 aromatic heterocycles. The first-order chi connectivity index (χ1) is 7.34. The van der Waals surface area contributed by atoms with Crippen molar-refractivity contribution in [2.75, 3.05) is 0 Å². The van der Waals surface area contributed by atoms with Crippen LogP contribution in [0.3, 0.4) is 0 Å². The highest BCUT2D eigenvalue weighted by Gasteiger charge is 2.25. The third-order valence-electron chi connectivity index (χ3n) is 3.32. The molecule has 78 valence electrons. The Labute approximate surface area is 98.9 Å². The number of fused-ring (bicyclic) bond motifs is 1. The summed E-state index contributed by atoms with van der Waals surface area (Å²) in [6.45, 7) is 0. The highest BCUT2D eigenvalue weighted by atomic mass is 35.5. The standard InChI is InChI=1S/C13H13ClS/c14-11-5-4-10(8-11)12-3-1-2-9-6-7-15-13(9)12/h1-3,6-7,10-11H,4-5,8H2. The van der Waals surface area contributed by atoms with Crippen molar-refractivity contribution >= 4 is 33.0 Å². The molecule has 1 aliphatic carbocycles. The maximum atomic E-state index is 6.19. The Morgan fingerprint density at radius 1 is 1.20 bits per heavy atom. The van der Waals surface area contributed by atoms with E-state index in [4.69, 9.17) is 11.6 Å². The maximum absolute atomic E-state index is 6.19. The van der Waals surface area contributed by atoms with Crippen molar-refractivity contribution in [3.8, 4) is 0 Å². The molecular weight excluding hydrogens is 224 g/mol. The summed E-state index contributed by atoms with van der Waals surface area (Å²) in [6.07, 6.45) is 3.58. The van der Waals surface area contributed by atoms with Gasteiger partial charge in [0.2, 0.25) is 0 Å². The topological polar surface area (TPSA) is 0 Å². The van der Waals surface area contributed by atoms with Crippen LogP contribution in [0.1, 0.15) is 30.7 Å². The van der Waals surface area contributed by atoms with E-state index in [-0.39, 0.29) is 0 Å². The van der Waals surface area contributed by atoms with Gasteiger partial charge in [-0.05, 0) is 47.6 Å². The second kappa shape index (κ2) is 3.80. The van der Waals surface area contributed by atoms with Gasteiger partial charge in [0, 0.05) is 10.1 Å². The van der Waals surface area contributed by atoms with Gasteiger partial charge in [-0.1, -0.05) is 18.2 Å². The summed E-state index contributed by atoms with van der Waals surface area (Å²) in [6, 6.07) is 8.85. The van der Waals surface area contributed by atoms with Crippen LogP contribution in [0.15, 0.2) is 29.6 Å². The van der Waals surface area contributed by atoms with Crippen molar-refractivity contribution in [1.82, 2.24) is 0 Å². The van der Waals surface area contributed by atoms with Gasteiger partial charge < -0.3 is 0 Å². The van der Waals surface area contributed by atoms with E-state index in [0.29, 0.717) is 11.3 Å². The van der Waals surface area contributed by atoms with Gasteiger partial charge in [-0.25, -0.2) is 0 Å². The Morgan fingerprint density at radius 2 is 2.13 bits per heavy atom. The van der Waals surface area contributed by atoms with Crippen LogP contribution >= 0.6 is 22.9 Å². The summed E-state index contributed by atoms with van der Waals surface area (Å²) in [5, 5.41) is 3.96. The van der Waals surface area contributed by atoms with Crippen LogP contribution in [-0.2, 0) is 0 Å². The van der Waals surface area contributed by atoms with E-state index in [9.17, 15) is 0 Å². The highest BCUT2D eigenvalue weighted by Crippen LogP contribution is 2.41. The number of hydrogen-bond donors (Lipinski definition) is 0. The molecule has 0 saturated heterocycles. The molecule has 1 heterocycles. The van der Waals surface area contributed by atoms with E-state index < -0.39 is 0 Å². The van der Waals surface area contributed by atoms with Gasteiger partial charge in [0.1, 0.15) is 0 Å². The third-order valence-corrected chi connectivity index (χ3v) is 4.69. The molecule has 0 radical (unpaired) electrons. The summed E-state index contributed by atoms with van der Waals surface area (Å²) in [7, 11) is 0. The predicted octanol–water partition coefficient (Wildman–Crippen LogP) is 4.78. The molecule has 1 aliphatic rings. The number of halogens is 1. The maximum Gasteiger partial charge on any atom is 0.0377 e. The summed E-state index contributed by atoms with van der Waals surface area (Å²) >= 11 is 8.04. The van der Waals surface area contributed by atoms with Crippen LogP contribution in [0.25, 0.3) is 10.1 Å². The fourth-order valence-corrected chi connectivity index (χ4v) is 3.88. The van der Waals surface area contributed by atoms with E-state index in [2.05, 4.69) is 29.6 Å². The minimum atomic E-state index is 0.394. The van der Waals surface area contributed by atoms with Gasteiger partial charge in [0.15, 0.2) is 0 Å². The Morgan fingerprint density at radius 3 is 2.93 bits per heavy atom. The smallest absolute Gasteiger partial charge is 0.0377 e. The first-order valence-electron chi connectivity index (χ1n) is 5.45. The Kier molecular flexibility index (Phi) is 2.45. The number of alkyl halides is 1. The molecule has 2 heteroatoms. The second-order valence-corrected chi connectivity index (χ2v) is 5.83. The van der Waals surface area contributed by atoms with Crippen LogP contribution < -0.4 is 0 Å². The van der Waals surface area contributed by atoms with E-state index >= 15 is 0 Å². The fourth-order valence-electron chi connectivity index (χ4n) is 2.55. The first-order valence-corrected chi connectivity index (χ1v) is 6.76. The third kappa shape index (κ3) is 1.68. The quantitative estimate of drug-likeness (QED) is 0.626. The van der Waals surface area contributed by atoms with Crippen molar-refractivity contribution in [2.24, 2.45) is 0 Å². The molecule has 1 fully saturated rings. The first kappa shape index (κ1) is 9.68. The number of benzene rings is 1. The monoisotopic (exact) mass is 236 g/mol. The molecular formula is C13H13ClS. The highest BCUT2D eigenvalue weighted by molar-refractivity contribution is 7.17. The van der Waals surface area contributed by atoms with E-state index in [1.54, 1.807) is 0 Å². The van der Waals surface area contributed by atoms with Gasteiger partial charge in [-0.15, -0.1) is 22.9 Å². The molecule has 0 bridgehead atoms. The molecule has 2 atom stereocenters. The molecule has 0 N–H and O–H groups in total. The zero-order chi connectivity index (χ0) is 10.3. The molecule has 2 unspecified atom stereocenters. The lowest BCUT2D eigenvalue weighted by Gasteiger charge is -2.10. The van der Waals surface area contributed by atoms with Gasteiger partial charge in [0.05, 0.1) is 0 Å². The lowest BCUT2D eigenvalue weighted by Crippen LogP contribution is -1.94. The lowest BCUT2D eigenvalue weighted by atomic mass is 9.97. The molecule has 15 heavy (non-hydrogen) atoms. The largest absolute Gasteiger partial charge is 0.144 e. The molecule has 1 aromatic carbocycles. The summed E-state index contributed by atoms with van der Waals surface area (Å²) < 4.78 is 1.47. The summed E-state index contributed by atoms with van der Waals surface area (Å²) in [5.74, 6) is 0.690. The summed E-state index contributed by atoms with van der Waals surface area (Å²) in [5.41, 5.74) is 1.52. The predicted molar refractivity (Wildman–Crippen MR) is 68.1 cm³/mol. The van der Waals surface area contributed by atoms with E-state index in [1.807, 2.05) is 11.3 Å². The van der Waals surface area contributed by atoms with Gasteiger partial charge in [0.25, 0.3) is 0 Å². The van der Waals surface area contributed by atoms with Crippen LogP contribution in [0.4, 0.5) is 0 Å². The fraction of sp³-hybridized carbons (Fsp3) is 0.385. The SMILES string of the molecule is ClC1CCC(c2cccc3ccsc23)C1. The van der Waals surface area contributed by atoms with Crippen molar-refractivity contribution in [3.05, 3.63) is 35.2 Å². The average Bonchev–Trinajstić information content (AvgIpc) is 2.84. The van der Waals surface area contributed by atoms with Gasteiger partial charge >= 0.3 is 0 Å². The average molecular weight is 237 g/mol. The lowest BCUT2D eigenvalue weighted by molar-refractivity contribution is 0.731. The molecule has 1 saturated carbocycles. The van der Waals surface area contributed by atoms with Crippen LogP contribution in [0.2, 0.25) is 0 Å². The van der Waals surface area contributed by atoms with Crippen molar-refractivity contribution in [2.45, 2.75) is 30.6 Å².